The van der Waals surface area contributed by atoms with Crippen LogP contribution >= 0.6 is 11.6 Å². The number of pyridine rings is 1. The molecule has 5 nitrogen and oxygen atoms in total. The summed E-state index contributed by atoms with van der Waals surface area (Å²) in [5, 5.41) is 10.5. The zero-order chi connectivity index (χ0) is 13.0. The van der Waals surface area contributed by atoms with Gasteiger partial charge < -0.3 is 11.1 Å². The molecule has 0 aliphatic rings. The Morgan fingerprint density at radius 1 is 1.44 bits per heavy atom. The summed E-state index contributed by atoms with van der Waals surface area (Å²) in [7, 11) is 0. The predicted molar refractivity (Wildman–Crippen MR) is 73.8 cm³/mol. The highest BCUT2D eigenvalue weighted by Gasteiger charge is 2.02. The second-order valence-corrected chi connectivity index (χ2v) is 4.51. The maximum absolute atomic E-state index is 5.81. The molecule has 0 spiro atoms. The number of rotatable bonds is 5. The standard InChI is InChI=1S/C12H16ClN5/c1-8-9(7-16-18-8)3-2-6-15-12-10(14)4-5-11(13)17-12/h4-5,7H,2-3,6,14H2,1H3,(H,15,17)(H,16,18). The fourth-order valence-corrected chi connectivity index (χ4v) is 1.85. The molecule has 2 aromatic rings. The van der Waals surface area contributed by atoms with E-state index in [2.05, 4.69) is 20.5 Å². The van der Waals surface area contributed by atoms with E-state index in [1.807, 2.05) is 13.1 Å². The molecule has 2 aromatic heterocycles. The Morgan fingerprint density at radius 2 is 2.28 bits per heavy atom. The van der Waals surface area contributed by atoms with Crippen molar-refractivity contribution in [2.75, 3.05) is 17.6 Å². The lowest BCUT2D eigenvalue weighted by Crippen LogP contribution is -2.07. The lowest BCUT2D eigenvalue weighted by atomic mass is 10.1. The minimum Gasteiger partial charge on any atom is -0.396 e. The van der Waals surface area contributed by atoms with Gasteiger partial charge in [-0.05, 0) is 37.5 Å². The second-order valence-electron chi connectivity index (χ2n) is 4.12. The number of anilines is 2. The van der Waals surface area contributed by atoms with Crippen LogP contribution in [-0.2, 0) is 6.42 Å². The first kappa shape index (κ1) is 12.7. The summed E-state index contributed by atoms with van der Waals surface area (Å²) in [4.78, 5) is 4.14. The van der Waals surface area contributed by atoms with Gasteiger partial charge in [0.2, 0.25) is 0 Å². The molecule has 0 saturated heterocycles. The first-order chi connectivity index (χ1) is 8.66. The van der Waals surface area contributed by atoms with E-state index in [1.54, 1.807) is 12.1 Å². The zero-order valence-electron chi connectivity index (χ0n) is 10.2. The molecule has 6 heteroatoms. The minimum absolute atomic E-state index is 0.442. The summed E-state index contributed by atoms with van der Waals surface area (Å²) < 4.78 is 0. The van der Waals surface area contributed by atoms with E-state index in [-0.39, 0.29) is 0 Å². The molecule has 4 N–H and O–H groups in total. The summed E-state index contributed by atoms with van der Waals surface area (Å²) >= 11 is 5.81. The number of nitrogen functional groups attached to an aromatic ring is 1. The third kappa shape index (κ3) is 3.13. The molecule has 96 valence electrons. The first-order valence-electron chi connectivity index (χ1n) is 5.81. The van der Waals surface area contributed by atoms with Crippen molar-refractivity contribution in [1.29, 1.82) is 0 Å². The lowest BCUT2D eigenvalue weighted by Gasteiger charge is -2.08. The number of halogens is 1. The minimum atomic E-state index is 0.442. The highest BCUT2D eigenvalue weighted by molar-refractivity contribution is 6.29. The fraction of sp³-hybridized carbons (Fsp3) is 0.333. The molecule has 0 amide bonds. The summed E-state index contributed by atoms with van der Waals surface area (Å²) in [6.45, 7) is 2.81. The maximum Gasteiger partial charge on any atom is 0.150 e. The molecular formula is C12H16ClN5. The lowest BCUT2D eigenvalue weighted by molar-refractivity contribution is 0.854. The highest BCUT2D eigenvalue weighted by Crippen LogP contribution is 2.18. The normalized spacial score (nSPS) is 10.6. The van der Waals surface area contributed by atoms with Gasteiger partial charge in [-0.25, -0.2) is 4.98 Å². The number of aryl methyl sites for hydroxylation is 2. The monoisotopic (exact) mass is 265 g/mol. The van der Waals surface area contributed by atoms with Crippen LogP contribution in [0.25, 0.3) is 0 Å². The van der Waals surface area contributed by atoms with Crippen LogP contribution in [0.1, 0.15) is 17.7 Å². The molecule has 0 atom stereocenters. The Morgan fingerprint density at radius 3 is 3.00 bits per heavy atom. The molecule has 0 aromatic carbocycles. The maximum atomic E-state index is 5.81. The molecule has 0 bridgehead atoms. The van der Waals surface area contributed by atoms with Crippen molar-refractivity contribution in [2.24, 2.45) is 0 Å². The number of nitrogens with two attached hydrogens (primary N) is 1. The molecule has 0 saturated carbocycles. The van der Waals surface area contributed by atoms with Gasteiger partial charge in [0.1, 0.15) is 5.15 Å². The Balaban J connectivity index is 1.82. The van der Waals surface area contributed by atoms with E-state index in [0.717, 1.165) is 25.1 Å². The van der Waals surface area contributed by atoms with Crippen molar-refractivity contribution in [3.8, 4) is 0 Å². The molecule has 18 heavy (non-hydrogen) atoms. The van der Waals surface area contributed by atoms with Crippen molar-refractivity contribution in [1.82, 2.24) is 15.2 Å². The van der Waals surface area contributed by atoms with Crippen LogP contribution in [0.2, 0.25) is 5.15 Å². The van der Waals surface area contributed by atoms with E-state index in [1.165, 1.54) is 5.56 Å². The van der Waals surface area contributed by atoms with E-state index >= 15 is 0 Å². The van der Waals surface area contributed by atoms with Gasteiger partial charge in [-0.15, -0.1) is 0 Å². The average Bonchev–Trinajstić information content (AvgIpc) is 2.75. The van der Waals surface area contributed by atoms with Crippen LogP contribution < -0.4 is 11.1 Å². The Kier molecular flexibility index (Phi) is 4.04. The van der Waals surface area contributed by atoms with E-state index in [9.17, 15) is 0 Å². The van der Waals surface area contributed by atoms with Crippen molar-refractivity contribution in [3.05, 3.63) is 34.7 Å². The van der Waals surface area contributed by atoms with Crippen molar-refractivity contribution < 1.29 is 0 Å². The molecule has 0 radical (unpaired) electrons. The molecule has 0 unspecified atom stereocenters. The van der Waals surface area contributed by atoms with Crippen molar-refractivity contribution >= 4 is 23.1 Å². The number of aromatic nitrogens is 3. The van der Waals surface area contributed by atoms with E-state index < -0.39 is 0 Å². The SMILES string of the molecule is Cc1[nH]ncc1CCCNc1nc(Cl)ccc1N. The van der Waals surface area contributed by atoms with Gasteiger partial charge in [-0.2, -0.15) is 5.10 Å². The third-order valence-electron chi connectivity index (χ3n) is 2.74. The Bertz CT molecular complexity index is 523. The molecule has 0 aliphatic heterocycles. The molecule has 0 fully saturated rings. The van der Waals surface area contributed by atoms with Gasteiger partial charge in [0.25, 0.3) is 0 Å². The van der Waals surface area contributed by atoms with Crippen molar-refractivity contribution in [2.45, 2.75) is 19.8 Å². The van der Waals surface area contributed by atoms with Gasteiger partial charge in [-0.3, -0.25) is 5.10 Å². The number of nitrogens with zero attached hydrogens (tertiary/aromatic N) is 2. The van der Waals surface area contributed by atoms with Crippen LogP contribution in [0.15, 0.2) is 18.3 Å². The summed E-state index contributed by atoms with van der Waals surface area (Å²) in [6, 6.07) is 3.43. The van der Waals surface area contributed by atoms with Crippen molar-refractivity contribution in [3.63, 3.8) is 0 Å². The highest BCUT2D eigenvalue weighted by atomic mass is 35.5. The average molecular weight is 266 g/mol. The number of hydrogen-bond donors (Lipinski definition) is 3. The number of H-pyrrole nitrogens is 1. The summed E-state index contributed by atoms with van der Waals surface area (Å²) in [6.07, 6.45) is 3.81. The molecule has 0 aliphatic carbocycles. The van der Waals surface area contributed by atoms with Gasteiger partial charge in [0.05, 0.1) is 11.9 Å². The number of hydrogen-bond acceptors (Lipinski definition) is 4. The molecule has 2 rings (SSSR count). The molecule has 2 heterocycles. The van der Waals surface area contributed by atoms with Crippen LogP contribution in [0.4, 0.5) is 11.5 Å². The zero-order valence-corrected chi connectivity index (χ0v) is 11.0. The van der Waals surface area contributed by atoms with E-state index in [4.69, 9.17) is 17.3 Å². The fourth-order valence-electron chi connectivity index (χ4n) is 1.70. The van der Waals surface area contributed by atoms with Gasteiger partial charge in [-0.1, -0.05) is 11.6 Å². The van der Waals surface area contributed by atoms with E-state index in [0.29, 0.717) is 16.7 Å². The Labute approximate surface area is 111 Å². The topological polar surface area (TPSA) is 79.6 Å². The van der Waals surface area contributed by atoms with Crippen LogP contribution in [-0.4, -0.2) is 21.7 Å². The smallest absolute Gasteiger partial charge is 0.150 e. The number of aromatic amines is 1. The van der Waals surface area contributed by atoms with Gasteiger partial charge >= 0.3 is 0 Å². The Hall–Kier alpha value is -1.75. The predicted octanol–water partition coefficient (Wildman–Crippen LogP) is 2.39. The van der Waals surface area contributed by atoms with Crippen LogP contribution in [0.5, 0.6) is 0 Å². The first-order valence-corrected chi connectivity index (χ1v) is 6.19. The van der Waals surface area contributed by atoms with Gasteiger partial charge in [0, 0.05) is 12.2 Å². The summed E-state index contributed by atoms with van der Waals surface area (Å²) in [5.74, 6) is 0.645. The molecular weight excluding hydrogens is 250 g/mol. The van der Waals surface area contributed by atoms with Crippen LogP contribution in [0.3, 0.4) is 0 Å². The van der Waals surface area contributed by atoms with Crippen LogP contribution in [0, 0.1) is 6.92 Å². The largest absolute Gasteiger partial charge is 0.396 e. The van der Waals surface area contributed by atoms with Gasteiger partial charge in [0.15, 0.2) is 5.82 Å². The third-order valence-corrected chi connectivity index (χ3v) is 2.95. The second kappa shape index (κ2) is 5.73. The summed E-state index contributed by atoms with van der Waals surface area (Å²) in [5.41, 5.74) is 8.76. The quantitative estimate of drug-likeness (QED) is 0.573. The number of nitrogens with one attached hydrogen (secondary N) is 2.